The van der Waals surface area contributed by atoms with Gasteiger partial charge in [0.25, 0.3) is 0 Å². The van der Waals surface area contributed by atoms with Crippen molar-refractivity contribution in [3.63, 3.8) is 0 Å². The Morgan fingerprint density at radius 3 is 2.43 bits per heavy atom. The third-order valence-corrected chi connectivity index (χ3v) is 3.97. The van der Waals surface area contributed by atoms with E-state index in [0.29, 0.717) is 0 Å². The van der Waals surface area contributed by atoms with Crippen LogP contribution in [-0.2, 0) is 6.54 Å². The molecule has 1 aliphatic heterocycles. The van der Waals surface area contributed by atoms with E-state index < -0.39 is 0 Å². The molecule has 3 rings (SSSR count). The number of halogens is 1. The molecule has 1 nitrogen and oxygen atoms in total. The van der Waals surface area contributed by atoms with Crippen LogP contribution >= 0.6 is 0 Å². The van der Waals surface area contributed by atoms with Crippen LogP contribution in [0.25, 0.3) is 6.08 Å². The maximum Gasteiger partial charge on any atom is 0.123 e. The molecule has 0 unspecified atom stereocenters. The molecule has 2 aromatic carbocycles. The molecule has 21 heavy (non-hydrogen) atoms. The summed E-state index contributed by atoms with van der Waals surface area (Å²) in [4.78, 5) is 2.48. The maximum atomic E-state index is 13.2. The highest BCUT2D eigenvalue weighted by Gasteiger charge is 2.13. The fraction of sp³-hybridized carbons (Fsp3) is 0.263. The third kappa shape index (κ3) is 4.02. The Morgan fingerprint density at radius 2 is 1.71 bits per heavy atom. The average Bonchev–Trinajstić information content (AvgIpc) is 2.50. The molecule has 0 radical (unpaired) electrons. The lowest BCUT2D eigenvalue weighted by Gasteiger charge is -2.28. The van der Waals surface area contributed by atoms with Crippen molar-refractivity contribution in [3.8, 4) is 0 Å². The fourth-order valence-corrected chi connectivity index (χ4v) is 2.82. The van der Waals surface area contributed by atoms with Gasteiger partial charge in [-0.3, -0.25) is 4.90 Å². The second-order valence-corrected chi connectivity index (χ2v) is 5.62. The minimum atomic E-state index is -0.161. The molecule has 0 spiro atoms. The summed E-state index contributed by atoms with van der Waals surface area (Å²) in [5.74, 6) is -0.161. The molecule has 1 fully saturated rings. The monoisotopic (exact) mass is 281 g/mol. The Kier molecular flexibility index (Phi) is 4.46. The zero-order chi connectivity index (χ0) is 14.5. The van der Waals surface area contributed by atoms with Crippen molar-refractivity contribution in [2.75, 3.05) is 13.1 Å². The zero-order valence-corrected chi connectivity index (χ0v) is 12.1. The van der Waals surface area contributed by atoms with E-state index in [-0.39, 0.29) is 5.82 Å². The van der Waals surface area contributed by atoms with Crippen molar-refractivity contribution in [3.05, 3.63) is 77.1 Å². The first-order valence-corrected chi connectivity index (χ1v) is 7.51. The number of hydrogen-bond acceptors (Lipinski definition) is 1. The van der Waals surface area contributed by atoms with Crippen LogP contribution in [0.15, 0.2) is 60.2 Å². The molecular formula is C19H20FN. The predicted molar refractivity (Wildman–Crippen MR) is 85.3 cm³/mol. The number of nitrogens with zero attached hydrogens (tertiary/aromatic N) is 1. The lowest BCUT2D eigenvalue weighted by atomic mass is 10.0. The topological polar surface area (TPSA) is 3.24 Å². The van der Waals surface area contributed by atoms with Crippen molar-refractivity contribution in [2.45, 2.75) is 19.4 Å². The quantitative estimate of drug-likeness (QED) is 0.800. The van der Waals surface area contributed by atoms with Crippen molar-refractivity contribution in [1.29, 1.82) is 0 Å². The molecule has 2 heteroatoms. The van der Waals surface area contributed by atoms with Gasteiger partial charge in [-0.05, 0) is 36.1 Å². The number of likely N-dealkylation sites (tertiary alicyclic amines) is 1. The van der Waals surface area contributed by atoms with Gasteiger partial charge in [0.05, 0.1) is 0 Å². The number of piperidine rings is 1. The molecule has 1 heterocycles. The van der Waals surface area contributed by atoms with Gasteiger partial charge in [0, 0.05) is 19.6 Å². The van der Waals surface area contributed by atoms with E-state index in [1.54, 1.807) is 12.1 Å². The van der Waals surface area contributed by atoms with Crippen LogP contribution in [0.2, 0.25) is 0 Å². The van der Waals surface area contributed by atoms with E-state index in [9.17, 15) is 4.39 Å². The second kappa shape index (κ2) is 6.68. The Labute approximate surface area is 125 Å². The Hall–Kier alpha value is -1.93. The molecule has 1 saturated heterocycles. The summed E-state index contributed by atoms with van der Waals surface area (Å²) in [6.45, 7) is 3.18. The second-order valence-electron chi connectivity index (χ2n) is 5.62. The highest BCUT2D eigenvalue weighted by Crippen LogP contribution is 2.21. The molecule has 1 aliphatic rings. The molecule has 108 valence electrons. The minimum absolute atomic E-state index is 0.161. The van der Waals surface area contributed by atoms with E-state index in [4.69, 9.17) is 0 Å². The third-order valence-electron chi connectivity index (χ3n) is 3.97. The molecular weight excluding hydrogens is 261 g/mol. The van der Waals surface area contributed by atoms with Crippen LogP contribution in [0.1, 0.15) is 24.0 Å². The van der Waals surface area contributed by atoms with Crippen LogP contribution in [-0.4, -0.2) is 18.0 Å². The van der Waals surface area contributed by atoms with Gasteiger partial charge in [-0.15, -0.1) is 0 Å². The Morgan fingerprint density at radius 1 is 0.952 bits per heavy atom. The lowest BCUT2D eigenvalue weighted by molar-refractivity contribution is 0.249. The van der Waals surface area contributed by atoms with Gasteiger partial charge in [0.2, 0.25) is 0 Å². The van der Waals surface area contributed by atoms with Crippen LogP contribution in [0.5, 0.6) is 0 Å². The van der Waals surface area contributed by atoms with Gasteiger partial charge in [0.1, 0.15) is 5.82 Å². The van der Waals surface area contributed by atoms with E-state index in [1.807, 2.05) is 6.07 Å². The fourth-order valence-electron chi connectivity index (χ4n) is 2.82. The first-order chi connectivity index (χ1) is 10.3. The molecule has 0 aromatic heterocycles. The average molecular weight is 281 g/mol. The number of hydrogen-bond donors (Lipinski definition) is 0. The summed E-state index contributed by atoms with van der Waals surface area (Å²) in [5.41, 5.74) is 3.77. The molecule has 0 atom stereocenters. The van der Waals surface area contributed by atoms with Crippen LogP contribution < -0.4 is 0 Å². The van der Waals surface area contributed by atoms with Crippen LogP contribution in [0.4, 0.5) is 4.39 Å². The van der Waals surface area contributed by atoms with E-state index in [2.05, 4.69) is 41.3 Å². The highest BCUT2D eigenvalue weighted by molar-refractivity contribution is 5.53. The molecule has 0 aliphatic carbocycles. The van der Waals surface area contributed by atoms with Crippen molar-refractivity contribution in [1.82, 2.24) is 4.90 Å². The summed E-state index contributed by atoms with van der Waals surface area (Å²) in [7, 11) is 0. The zero-order valence-electron chi connectivity index (χ0n) is 12.1. The smallest absolute Gasteiger partial charge is 0.123 e. The van der Waals surface area contributed by atoms with E-state index in [1.165, 1.54) is 17.2 Å². The van der Waals surface area contributed by atoms with Crippen LogP contribution in [0, 0.1) is 5.82 Å². The summed E-state index contributed by atoms with van der Waals surface area (Å²) in [6, 6.07) is 17.4. The summed E-state index contributed by atoms with van der Waals surface area (Å²) in [5, 5.41) is 0. The first kappa shape index (κ1) is 14.0. The number of rotatable bonds is 3. The molecule has 0 amide bonds. The number of benzene rings is 2. The van der Waals surface area contributed by atoms with Crippen molar-refractivity contribution >= 4 is 6.08 Å². The molecule has 0 saturated carbocycles. The molecule has 2 aromatic rings. The minimum Gasteiger partial charge on any atom is -0.298 e. The largest absolute Gasteiger partial charge is 0.298 e. The van der Waals surface area contributed by atoms with Gasteiger partial charge in [-0.2, -0.15) is 0 Å². The Balaban J connectivity index is 1.58. The van der Waals surface area contributed by atoms with Gasteiger partial charge in [-0.25, -0.2) is 4.39 Å². The van der Waals surface area contributed by atoms with E-state index >= 15 is 0 Å². The van der Waals surface area contributed by atoms with Crippen molar-refractivity contribution < 1.29 is 4.39 Å². The van der Waals surface area contributed by atoms with Gasteiger partial charge >= 0.3 is 0 Å². The standard InChI is InChI=1S/C19H20FN/c20-19-8-4-7-18(14-19)13-16-9-11-21(12-10-16)15-17-5-2-1-3-6-17/h1-8,13-14H,9-12,15H2. The van der Waals surface area contributed by atoms with Gasteiger partial charge in [-0.1, -0.05) is 54.1 Å². The normalized spacial score (nSPS) is 16.0. The molecule has 0 N–H and O–H groups in total. The predicted octanol–water partition coefficient (Wildman–Crippen LogP) is 4.51. The summed E-state index contributed by atoms with van der Waals surface area (Å²) in [6.07, 6.45) is 4.29. The van der Waals surface area contributed by atoms with Crippen LogP contribution in [0.3, 0.4) is 0 Å². The summed E-state index contributed by atoms with van der Waals surface area (Å²) < 4.78 is 13.2. The van der Waals surface area contributed by atoms with Crippen molar-refractivity contribution in [2.24, 2.45) is 0 Å². The SMILES string of the molecule is Fc1cccc(C=C2CCN(Cc3ccccc3)CC2)c1. The maximum absolute atomic E-state index is 13.2. The Bertz CT molecular complexity index is 608. The van der Waals surface area contributed by atoms with Gasteiger partial charge < -0.3 is 0 Å². The first-order valence-electron chi connectivity index (χ1n) is 7.51. The molecule has 0 bridgehead atoms. The summed E-state index contributed by atoms with van der Waals surface area (Å²) >= 11 is 0. The van der Waals surface area contributed by atoms with Gasteiger partial charge in [0.15, 0.2) is 0 Å². The van der Waals surface area contributed by atoms with E-state index in [0.717, 1.165) is 38.0 Å². The highest BCUT2D eigenvalue weighted by atomic mass is 19.1. The lowest BCUT2D eigenvalue weighted by Crippen LogP contribution is -2.30.